The van der Waals surface area contributed by atoms with Crippen molar-refractivity contribution in [3.8, 4) is 0 Å². The van der Waals surface area contributed by atoms with Gasteiger partial charge in [0.15, 0.2) is 0 Å². The highest BCUT2D eigenvalue weighted by atomic mass is 16.5. The number of ether oxygens (including phenoxy) is 1. The number of amides is 1. The molecule has 0 saturated carbocycles. The van der Waals surface area contributed by atoms with Gasteiger partial charge in [0.25, 0.3) is 0 Å². The lowest BCUT2D eigenvalue weighted by Crippen LogP contribution is -2.43. The summed E-state index contributed by atoms with van der Waals surface area (Å²) in [5.41, 5.74) is -0.191. The molecule has 3 heteroatoms. The van der Waals surface area contributed by atoms with Crippen molar-refractivity contribution in [3.63, 3.8) is 0 Å². The maximum absolute atomic E-state index is 11.4. The summed E-state index contributed by atoms with van der Waals surface area (Å²) in [6.07, 6.45) is 1.22. The average molecular weight is 185 g/mol. The fourth-order valence-electron chi connectivity index (χ4n) is 1.01. The summed E-state index contributed by atoms with van der Waals surface area (Å²) in [5.74, 6) is -0.0886. The normalized spacial score (nSPS) is 13.5. The molecular formula is C10H19NO2. The van der Waals surface area contributed by atoms with E-state index in [1.54, 1.807) is 13.1 Å². The summed E-state index contributed by atoms with van der Waals surface area (Å²) in [5, 5.41) is 2.58. The zero-order valence-corrected chi connectivity index (χ0v) is 8.89. The first-order valence-corrected chi connectivity index (χ1v) is 4.37. The van der Waals surface area contributed by atoms with Gasteiger partial charge in [0.2, 0.25) is 5.91 Å². The molecule has 0 aliphatic carbocycles. The largest absolute Gasteiger partial charge is 0.364 e. The van der Waals surface area contributed by atoms with E-state index in [1.165, 1.54) is 0 Å². The maximum atomic E-state index is 11.4. The van der Waals surface area contributed by atoms with Gasteiger partial charge >= 0.3 is 0 Å². The fraction of sp³-hybridized carbons (Fsp3) is 0.700. The molecule has 0 aromatic rings. The van der Waals surface area contributed by atoms with Gasteiger partial charge in [-0.2, -0.15) is 0 Å². The molecule has 0 bridgehead atoms. The number of likely N-dealkylation sites (N-methyl/N-ethyl adjacent to an activating group) is 1. The average Bonchev–Trinajstić information content (AvgIpc) is 2.02. The molecule has 1 N–H and O–H groups in total. The Morgan fingerprint density at radius 1 is 1.62 bits per heavy atom. The molecule has 0 aromatic carbocycles. The van der Waals surface area contributed by atoms with Gasteiger partial charge in [0, 0.05) is 7.05 Å². The minimum atomic E-state index is -0.421. The predicted molar refractivity (Wildman–Crippen MR) is 53.5 cm³/mol. The van der Waals surface area contributed by atoms with Crippen LogP contribution in [0.1, 0.15) is 20.8 Å². The number of hydrogen-bond donors (Lipinski definition) is 1. The fourth-order valence-corrected chi connectivity index (χ4v) is 1.01. The highest BCUT2D eigenvalue weighted by Gasteiger charge is 2.31. The van der Waals surface area contributed by atoms with E-state index >= 15 is 0 Å². The van der Waals surface area contributed by atoms with Crippen LogP contribution in [0, 0.1) is 5.41 Å². The summed E-state index contributed by atoms with van der Waals surface area (Å²) >= 11 is 0. The van der Waals surface area contributed by atoms with E-state index in [1.807, 2.05) is 20.8 Å². The molecule has 0 aromatic heterocycles. The third kappa shape index (κ3) is 4.08. The molecule has 0 radical (unpaired) electrons. The lowest BCUT2D eigenvalue weighted by atomic mass is 9.88. The Balaban J connectivity index is 4.36. The van der Waals surface area contributed by atoms with Crippen molar-refractivity contribution >= 4 is 5.91 Å². The number of nitrogens with one attached hydrogen (secondary N) is 1. The zero-order valence-electron chi connectivity index (χ0n) is 8.89. The molecule has 0 aliphatic rings. The van der Waals surface area contributed by atoms with Crippen LogP contribution in [0.25, 0.3) is 0 Å². The molecule has 76 valence electrons. The summed E-state index contributed by atoms with van der Waals surface area (Å²) in [6, 6.07) is 0. The van der Waals surface area contributed by atoms with E-state index in [2.05, 4.69) is 11.9 Å². The van der Waals surface area contributed by atoms with Crippen LogP contribution in [-0.4, -0.2) is 25.7 Å². The topological polar surface area (TPSA) is 38.3 Å². The van der Waals surface area contributed by atoms with Crippen LogP contribution in [0.4, 0.5) is 0 Å². The second kappa shape index (κ2) is 5.02. The lowest BCUT2D eigenvalue weighted by molar-refractivity contribution is -0.138. The molecule has 3 nitrogen and oxygen atoms in total. The number of hydrogen-bond acceptors (Lipinski definition) is 2. The molecule has 1 amide bonds. The Morgan fingerprint density at radius 2 is 2.15 bits per heavy atom. The minimum Gasteiger partial charge on any atom is -0.364 e. The summed E-state index contributed by atoms with van der Waals surface area (Å²) in [4.78, 5) is 11.4. The highest BCUT2D eigenvalue weighted by Crippen LogP contribution is 2.22. The summed E-state index contributed by atoms with van der Waals surface area (Å²) < 4.78 is 5.38. The van der Waals surface area contributed by atoms with Crippen molar-refractivity contribution in [2.24, 2.45) is 5.41 Å². The number of carbonyl (C=O) groups is 1. The first-order valence-electron chi connectivity index (χ1n) is 4.37. The molecule has 13 heavy (non-hydrogen) atoms. The van der Waals surface area contributed by atoms with Crippen molar-refractivity contribution in [3.05, 3.63) is 12.7 Å². The Morgan fingerprint density at radius 3 is 2.46 bits per heavy atom. The van der Waals surface area contributed by atoms with Crippen LogP contribution in [-0.2, 0) is 9.53 Å². The van der Waals surface area contributed by atoms with Gasteiger partial charge in [-0.3, -0.25) is 4.79 Å². The second-order valence-corrected chi connectivity index (χ2v) is 3.98. The van der Waals surface area contributed by atoms with E-state index in [0.717, 1.165) is 0 Å². The molecule has 0 spiro atoms. The molecule has 0 fully saturated rings. The van der Waals surface area contributed by atoms with Gasteiger partial charge in [0.05, 0.1) is 6.61 Å². The first kappa shape index (κ1) is 12.2. The van der Waals surface area contributed by atoms with Gasteiger partial charge in [-0.05, 0) is 5.41 Å². The third-order valence-electron chi connectivity index (χ3n) is 1.65. The van der Waals surface area contributed by atoms with Crippen molar-refractivity contribution < 1.29 is 9.53 Å². The van der Waals surface area contributed by atoms with Gasteiger partial charge in [-0.15, -0.1) is 6.58 Å². The Kier molecular flexibility index (Phi) is 4.70. The first-order chi connectivity index (χ1) is 5.93. The van der Waals surface area contributed by atoms with Gasteiger partial charge < -0.3 is 10.1 Å². The Labute approximate surface area is 80.2 Å². The van der Waals surface area contributed by atoms with E-state index in [4.69, 9.17) is 4.74 Å². The lowest BCUT2D eigenvalue weighted by Gasteiger charge is -2.28. The molecule has 1 unspecified atom stereocenters. The van der Waals surface area contributed by atoms with Crippen molar-refractivity contribution in [2.75, 3.05) is 13.7 Å². The molecule has 1 atom stereocenters. The van der Waals surface area contributed by atoms with E-state index in [0.29, 0.717) is 6.61 Å². The second-order valence-electron chi connectivity index (χ2n) is 3.98. The molecule has 0 heterocycles. The monoisotopic (exact) mass is 185 g/mol. The SMILES string of the molecule is C=CCOC(C(=O)NC)C(C)(C)C. The predicted octanol–water partition coefficient (Wildman–Crippen LogP) is 1.35. The molecule has 0 saturated heterocycles. The van der Waals surface area contributed by atoms with Crippen molar-refractivity contribution in [2.45, 2.75) is 26.9 Å². The minimum absolute atomic E-state index is 0.0886. The zero-order chi connectivity index (χ0) is 10.5. The van der Waals surface area contributed by atoms with Crippen LogP contribution in [0.2, 0.25) is 0 Å². The smallest absolute Gasteiger partial charge is 0.249 e. The van der Waals surface area contributed by atoms with Crippen LogP contribution in [0.5, 0.6) is 0 Å². The van der Waals surface area contributed by atoms with E-state index in [9.17, 15) is 4.79 Å². The summed E-state index contributed by atoms with van der Waals surface area (Å²) in [6.45, 7) is 9.85. The Bertz CT molecular complexity index is 182. The van der Waals surface area contributed by atoms with Crippen molar-refractivity contribution in [1.82, 2.24) is 5.32 Å². The van der Waals surface area contributed by atoms with E-state index in [-0.39, 0.29) is 11.3 Å². The van der Waals surface area contributed by atoms with Crippen LogP contribution in [0.15, 0.2) is 12.7 Å². The quantitative estimate of drug-likeness (QED) is 0.671. The Hall–Kier alpha value is -0.830. The van der Waals surface area contributed by atoms with Crippen LogP contribution < -0.4 is 5.32 Å². The van der Waals surface area contributed by atoms with E-state index < -0.39 is 6.10 Å². The van der Waals surface area contributed by atoms with Crippen LogP contribution in [0.3, 0.4) is 0 Å². The van der Waals surface area contributed by atoms with Crippen molar-refractivity contribution in [1.29, 1.82) is 0 Å². The summed E-state index contributed by atoms with van der Waals surface area (Å²) in [7, 11) is 1.61. The standard InChI is InChI=1S/C10H19NO2/c1-6-7-13-8(9(12)11-5)10(2,3)4/h6,8H,1,7H2,2-5H3,(H,11,12). The third-order valence-corrected chi connectivity index (χ3v) is 1.65. The van der Waals surface area contributed by atoms with Gasteiger partial charge in [-0.1, -0.05) is 26.8 Å². The number of rotatable bonds is 4. The van der Waals surface area contributed by atoms with Gasteiger partial charge in [0.1, 0.15) is 6.10 Å². The highest BCUT2D eigenvalue weighted by molar-refractivity contribution is 5.81. The molecular weight excluding hydrogens is 166 g/mol. The van der Waals surface area contributed by atoms with Crippen LogP contribution >= 0.6 is 0 Å². The van der Waals surface area contributed by atoms with Gasteiger partial charge in [-0.25, -0.2) is 0 Å². The molecule has 0 rings (SSSR count). The number of carbonyl (C=O) groups excluding carboxylic acids is 1. The maximum Gasteiger partial charge on any atom is 0.249 e. The molecule has 0 aliphatic heterocycles.